The van der Waals surface area contributed by atoms with E-state index in [2.05, 4.69) is 4.74 Å². The molecule has 0 saturated carbocycles. The van der Waals surface area contributed by atoms with E-state index in [1.807, 2.05) is 0 Å². The van der Waals surface area contributed by atoms with Crippen molar-refractivity contribution in [2.75, 3.05) is 20.8 Å². The van der Waals surface area contributed by atoms with Gasteiger partial charge in [0, 0.05) is 6.54 Å². The van der Waals surface area contributed by atoms with Gasteiger partial charge in [0.1, 0.15) is 5.56 Å². The quantitative estimate of drug-likeness (QED) is 0.757. The number of hydrogen-bond acceptors (Lipinski definition) is 5. The van der Waals surface area contributed by atoms with E-state index in [1.54, 1.807) is 0 Å². The molecule has 6 heteroatoms. The summed E-state index contributed by atoms with van der Waals surface area (Å²) in [7, 11) is 2.41. The molecule has 1 aromatic carbocycles. The Morgan fingerprint density at radius 1 is 1.53 bits per heavy atom. The molecule has 1 aromatic rings. The highest BCUT2D eigenvalue weighted by Crippen LogP contribution is 2.27. The van der Waals surface area contributed by atoms with Crippen molar-refractivity contribution in [2.45, 2.75) is 6.10 Å². The Hall–Kier alpha value is -1.66. The van der Waals surface area contributed by atoms with E-state index in [9.17, 15) is 14.3 Å². The molecule has 1 rings (SSSR count). The van der Waals surface area contributed by atoms with Crippen molar-refractivity contribution in [3.05, 3.63) is 29.1 Å². The number of esters is 1. The number of rotatable bonds is 4. The second kappa shape index (κ2) is 5.60. The van der Waals surface area contributed by atoms with Gasteiger partial charge in [-0.2, -0.15) is 0 Å². The van der Waals surface area contributed by atoms with Crippen LogP contribution in [0.25, 0.3) is 0 Å². The molecular weight excluding hydrogens is 229 g/mol. The zero-order valence-electron chi connectivity index (χ0n) is 9.57. The van der Waals surface area contributed by atoms with Gasteiger partial charge in [-0.3, -0.25) is 0 Å². The molecule has 0 amide bonds. The second-order valence-corrected chi connectivity index (χ2v) is 3.33. The topological polar surface area (TPSA) is 81.8 Å². The van der Waals surface area contributed by atoms with Crippen LogP contribution >= 0.6 is 0 Å². The molecule has 0 saturated heterocycles. The standard InChI is InChI=1S/C11H14FNO4/c1-16-10-7(11(15)17-2)3-6(4-8(10)12)9(14)5-13/h3-4,9,14H,5,13H2,1-2H3. The van der Waals surface area contributed by atoms with Crippen molar-refractivity contribution in [1.29, 1.82) is 0 Å². The minimum atomic E-state index is -1.04. The number of methoxy groups -OCH3 is 2. The minimum absolute atomic E-state index is 0.0770. The molecular formula is C11H14FNO4. The lowest BCUT2D eigenvalue weighted by Crippen LogP contribution is -2.14. The lowest BCUT2D eigenvalue weighted by molar-refractivity contribution is 0.0595. The third-order valence-electron chi connectivity index (χ3n) is 2.28. The zero-order chi connectivity index (χ0) is 13.0. The third-order valence-corrected chi connectivity index (χ3v) is 2.28. The fraction of sp³-hybridized carbons (Fsp3) is 0.364. The Morgan fingerprint density at radius 3 is 2.65 bits per heavy atom. The lowest BCUT2D eigenvalue weighted by atomic mass is 10.0. The summed E-state index contributed by atoms with van der Waals surface area (Å²) in [6.45, 7) is -0.0770. The van der Waals surface area contributed by atoms with E-state index in [1.165, 1.54) is 20.3 Å². The van der Waals surface area contributed by atoms with Gasteiger partial charge in [0.2, 0.25) is 0 Å². The summed E-state index contributed by atoms with van der Waals surface area (Å²) in [6, 6.07) is 2.37. The normalized spacial score (nSPS) is 12.1. The Balaban J connectivity index is 3.33. The molecule has 5 nitrogen and oxygen atoms in total. The van der Waals surface area contributed by atoms with Gasteiger partial charge in [-0.05, 0) is 17.7 Å². The molecule has 0 aliphatic carbocycles. The molecule has 0 aliphatic rings. The first-order chi connectivity index (χ1) is 8.04. The van der Waals surface area contributed by atoms with Gasteiger partial charge in [0.25, 0.3) is 0 Å². The largest absolute Gasteiger partial charge is 0.493 e. The Labute approximate surface area is 97.9 Å². The number of halogens is 1. The second-order valence-electron chi connectivity index (χ2n) is 3.33. The number of hydrogen-bond donors (Lipinski definition) is 2. The summed E-state index contributed by atoms with van der Waals surface area (Å²) < 4.78 is 22.9. The van der Waals surface area contributed by atoms with Gasteiger partial charge in [0.15, 0.2) is 11.6 Å². The van der Waals surface area contributed by atoms with Crippen molar-refractivity contribution < 1.29 is 23.8 Å². The van der Waals surface area contributed by atoms with Gasteiger partial charge in [-0.15, -0.1) is 0 Å². The fourth-order valence-corrected chi connectivity index (χ4v) is 1.41. The SMILES string of the molecule is COC(=O)c1cc(C(O)CN)cc(F)c1OC. The molecule has 0 fully saturated rings. The maximum atomic E-state index is 13.6. The predicted octanol–water partition coefficient (Wildman–Crippen LogP) is 0.613. The van der Waals surface area contributed by atoms with Crippen LogP contribution in [0.3, 0.4) is 0 Å². The highest BCUT2D eigenvalue weighted by atomic mass is 19.1. The summed E-state index contributed by atoms with van der Waals surface area (Å²) in [4.78, 5) is 11.4. The number of aliphatic hydroxyl groups is 1. The minimum Gasteiger partial charge on any atom is -0.493 e. The predicted molar refractivity (Wildman–Crippen MR) is 58.3 cm³/mol. The molecule has 0 aromatic heterocycles. The van der Waals surface area contributed by atoms with E-state index in [-0.39, 0.29) is 23.4 Å². The van der Waals surface area contributed by atoms with Crippen LogP contribution in [0.1, 0.15) is 22.0 Å². The van der Waals surface area contributed by atoms with E-state index in [0.717, 1.165) is 6.07 Å². The molecule has 0 heterocycles. The first-order valence-corrected chi connectivity index (χ1v) is 4.89. The maximum absolute atomic E-state index is 13.6. The number of aliphatic hydroxyl groups excluding tert-OH is 1. The zero-order valence-corrected chi connectivity index (χ0v) is 9.57. The van der Waals surface area contributed by atoms with Gasteiger partial charge < -0.3 is 20.3 Å². The van der Waals surface area contributed by atoms with Crippen LogP contribution in [-0.4, -0.2) is 31.8 Å². The fourth-order valence-electron chi connectivity index (χ4n) is 1.41. The highest BCUT2D eigenvalue weighted by molar-refractivity contribution is 5.92. The van der Waals surface area contributed by atoms with E-state index < -0.39 is 17.9 Å². The highest BCUT2D eigenvalue weighted by Gasteiger charge is 2.20. The Bertz CT molecular complexity index is 422. The molecule has 1 unspecified atom stereocenters. The van der Waals surface area contributed by atoms with Crippen molar-refractivity contribution in [3.63, 3.8) is 0 Å². The summed E-state index contributed by atoms with van der Waals surface area (Å²) in [5.41, 5.74) is 5.38. The van der Waals surface area contributed by atoms with Crippen LogP contribution in [0.15, 0.2) is 12.1 Å². The molecule has 0 spiro atoms. The van der Waals surface area contributed by atoms with Crippen LogP contribution in [0.2, 0.25) is 0 Å². The summed E-state index contributed by atoms with van der Waals surface area (Å²) in [5.74, 6) is -1.71. The van der Waals surface area contributed by atoms with Crippen molar-refractivity contribution in [3.8, 4) is 5.75 Å². The summed E-state index contributed by atoms with van der Waals surface area (Å²) >= 11 is 0. The number of benzene rings is 1. The molecule has 0 bridgehead atoms. The van der Waals surface area contributed by atoms with Gasteiger partial charge in [-0.25, -0.2) is 9.18 Å². The van der Waals surface area contributed by atoms with Gasteiger partial charge in [-0.1, -0.05) is 0 Å². The Kier molecular flexibility index (Phi) is 4.42. The molecule has 17 heavy (non-hydrogen) atoms. The van der Waals surface area contributed by atoms with Crippen LogP contribution in [0, 0.1) is 5.82 Å². The first kappa shape index (κ1) is 13.4. The monoisotopic (exact) mass is 243 g/mol. The van der Waals surface area contributed by atoms with Crippen molar-refractivity contribution in [2.24, 2.45) is 5.73 Å². The third kappa shape index (κ3) is 2.72. The van der Waals surface area contributed by atoms with Gasteiger partial charge >= 0.3 is 5.97 Å². The molecule has 3 N–H and O–H groups in total. The van der Waals surface area contributed by atoms with Crippen LogP contribution in [0.5, 0.6) is 5.75 Å². The molecule has 94 valence electrons. The average Bonchev–Trinajstić information content (AvgIpc) is 2.35. The summed E-state index contributed by atoms with van der Waals surface area (Å²) in [5, 5.41) is 9.51. The Morgan fingerprint density at radius 2 is 2.18 bits per heavy atom. The van der Waals surface area contributed by atoms with E-state index in [4.69, 9.17) is 10.5 Å². The smallest absolute Gasteiger partial charge is 0.341 e. The number of carbonyl (C=O) groups is 1. The van der Waals surface area contributed by atoms with E-state index >= 15 is 0 Å². The summed E-state index contributed by atoms with van der Waals surface area (Å²) in [6.07, 6.45) is -1.04. The molecule has 0 radical (unpaired) electrons. The van der Waals surface area contributed by atoms with Crippen molar-refractivity contribution >= 4 is 5.97 Å². The number of ether oxygens (including phenoxy) is 2. The molecule has 0 aliphatic heterocycles. The van der Waals surface area contributed by atoms with Crippen LogP contribution in [0.4, 0.5) is 4.39 Å². The van der Waals surface area contributed by atoms with Crippen LogP contribution < -0.4 is 10.5 Å². The average molecular weight is 243 g/mol. The van der Waals surface area contributed by atoms with E-state index in [0.29, 0.717) is 0 Å². The molecule has 1 atom stereocenters. The maximum Gasteiger partial charge on any atom is 0.341 e. The van der Waals surface area contributed by atoms with Gasteiger partial charge in [0.05, 0.1) is 20.3 Å². The first-order valence-electron chi connectivity index (χ1n) is 4.89. The number of nitrogens with two attached hydrogens (primary N) is 1. The van der Waals surface area contributed by atoms with Crippen LogP contribution in [-0.2, 0) is 4.74 Å². The lowest BCUT2D eigenvalue weighted by Gasteiger charge is -2.13. The van der Waals surface area contributed by atoms with Crippen molar-refractivity contribution in [1.82, 2.24) is 0 Å². The number of carbonyl (C=O) groups excluding carboxylic acids is 1.